The van der Waals surface area contributed by atoms with E-state index in [0.29, 0.717) is 12.1 Å². The van der Waals surface area contributed by atoms with Crippen LogP contribution in [-0.4, -0.2) is 45.2 Å². The van der Waals surface area contributed by atoms with Crippen molar-refractivity contribution in [3.63, 3.8) is 0 Å². The molecule has 1 aliphatic rings. The van der Waals surface area contributed by atoms with Crippen molar-refractivity contribution in [2.24, 2.45) is 0 Å². The van der Waals surface area contributed by atoms with Gasteiger partial charge >= 0.3 is 0 Å². The highest BCUT2D eigenvalue weighted by molar-refractivity contribution is 9.10. The minimum absolute atomic E-state index is 0.434. The third kappa shape index (κ3) is 3.62. The topological polar surface area (TPSA) is 60.5 Å². The van der Waals surface area contributed by atoms with Crippen molar-refractivity contribution in [1.82, 2.24) is 19.5 Å². The van der Waals surface area contributed by atoms with Crippen molar-refractivity contribution < 1.29 is 0 Å². The summed E-state index contributed by atoms with van der Waals surface area (Å²) in [6.45, 7) is 4.20. The van der Waals surface area contributed by atoms with Crippen molar-refractivity contribution >= 4 is 27.3 Å². The molecule has 3 heterocycles. The molecule has 1 fully saturated rings. The lowest BCUT2D eigenvalue weighted by atomic mass is 9.96. The highest BCUT2D eigenvalue weighted by Gasteiger charge is 2.29. The van der Waals surface area contributed by atoms with Crippen LogP contribution in [0, 0.1) is 11.3 Å². The number of hydrogen-bond acceptors (Lipinski definition) is 5. The van der Waals surface area contributed by atoms with Gasteiger partial charge in [0.05, 0.1) is 11.6 Å². The largest absolute Gasteiger partial charge is 0.355 e. The highest BCUT2D eigenvalue weighted by atomic mass is 79.9. The van der Waals surface area contributed by atoms with Crippen LogP contribution in [0.4, 0.5) is 5.82 Å². The van der Waals surface area contributed by atoms with Crippen molar-refractivity contribution in [2.75, 3.05) is 18.5 Å². The smallest absolute Gasteiger partial charge is 0.156 e. The maximum atomic E-state index is 9.12. The van der Waals surface area contributed by atoms with Gasteiger partial charge in [-0.15, -0.1) is 0 Å². The average Bonchev–Trinajstić information content (AvgIpc) is 3.10. The molecule has 0 amide bonds. The number of fused-ring (bicyclic) bond motifs is 1. The Morgan fingerprint density at radius 1 is 1.32 bits per heavy atom. The molecule has 3 aromatic rings. The number of aromatic nitrogens is 3. The monoisotopic (exact) mass is 438 g/mol. The van der Waals surface area contributed by atoms with E-state index in [4.69, 9.17) is 5.26 Å². The zero-order valence-corrected chi connectivity index (χ0v) is 17.7. The standard InChI is InChI=1S/C21H23BrN6/c1-15-10-18(8-9-27(15)13-17-5-3-4-16(11-17)12-23)26(2)21-19-6-7-20(22)28(19)25-14-24-21/h3-7,11,14-15,18H,8-10,13H2,1-2H3. The molecular weight excluding hydrogens is 416 g/mol. The molecule has 28 heavy (non-hydrogen) atoms. The van der Waals surface area contributed by atoms with Crippen LogP contribution in [0.25, 0.3) is 5.52 Å². The lowest BCUT2D eigenvalue weighted by Gasteiger charge is -2.41. The highest BCUT2D eigenvalue weighted by Crippen LogP contribution is 2.29. The summed E-state index contributed by atoms with van der Waals surface area (Å²) in [6.07, 6.45) is 3.77. The van der Waals surface area contributed by atoms with E-state index in [1.54, 1.807) is 6.33 Å². The number of benzene rings is 1. The Morgan fingerprint density at radius 3 is 2.96 bits per heavy atom. The minimum Gasteiger partial charge on any atom is -0.355 e. The number of hydrogen-bond donors (Lipinski definition) is 0. The van der Waals surface area contributed by atoms with Gasteiger partial charge in [0.15, 0.2) is 5.82 Å². The molecule has 0 spiro atoms. The third-order valence-corrected chi connectivity index (χ3v) is 6.30. The predicted octanol–water partition coefficient (Wildman–Crippen LogP) is 3.85. The van der Waals surface area contributed by atoms with Crippen molar-refractivity contribution in [3.8, 4) is 6.07 Å². The quantitative estimate of drug-likeness (QED) is 0.618. The maximum Gasteiger partial charge on any atom is 0.156 e. The number of nitriles is 1. The number of halogens is 1. The second-order valence-corrected chi connectivity index (χ2v) is 8.27. The summed E-state index contributed by atoms with van der Waals surface area (Å²) in [5.41, 5.74) is 2.94. The maximum absolute atomic E-state index is 9.12. The Hall–Kier alpha value is -2.43. The van der Waals surface area contributed by atoms with E-state index in [1.165, 1.54) is 5.56 Å². The van der Waals surface area contributed by atoms with E-state index in [9.17, 15) is 0 Å². The molecule has 4 rings (SSSR count). The van der Waals surface area contributed by atoms with Gasteiger partial charge in [-0.3, -0.25) is 4.90 Å². The van der Waals surface area contributed by atoms with Gasteiger partial charge in [0.25, 0.3) is 0 Å². The summed E-state index contributed by atoms with van der Waals surface area (Å²) >= 11 is 3.53. The Kier molecular flexibility index (Phi) is 5.33. The molecule has 2 atom stereocenters. The molecule has 1 aliphatic heterocycles. The van der Waals surface area contributed by atoms with Crippen molar-refractivity contribution in [2.45, 2.75) is 38.4 Å². The average molecular weight is 439 g/mol. The van der Waals surface area contributed by atoms with Crippen molar-refractivity contribution in [1.29, 1.82) is 5.26 Å². The molecule has 0 bridgehead atoms. The number of likely N-dealkylation sites (tertiary alicyclic amines) is 1. The molecule has 0 saturated carbocycles. The van der Waals surface area contributed by atoms with Crippen LogP contribution in [0.2, 0.25) is 0 Å². The Balaban J connectivity index is 1.46. The molecule has 144 valence electrons. The van der Waals surface area contributed by atoms with E-state index in [-0.39, 0.29) is 0 Å². The number of piperidine rings is 1. The summed E-state index contributed by atoms with van der Waals surface area (Å²) in [7, 11) is 2.13. The Morgan fingerprint density at radius 2 is 2.18 bits per heavy atom. The van der Waals surface area contributed by atoms with Gasteiger partial charge in [0.2, 0.25) is 0 Å². The van der Waals surface area contributed by atoms with Gasteiger partial charge in [-0.2, -0.15) is 10.4 Å². The fourth-order valence-electron chi connectivity index (χ4n) is 4.09. The molecule has 2 unspecified atom stereocenters. The molecular formula is C21H23BrN6. The second kappa shape index (κ2) is 7.90. The number of anilines is 1. The van der Waals surface area contributed by atoms with Crippen LogP contribution in [-0.2, 0) is 6.54 Å². The van der Waals surface area contributed by atoms with Crippen LogP contribution in [0.3, 0.4) is 0 Å². The Bertz CT molecular complexity index is 1020. The van der Waals surface area contributed by atoms with Gasteiger partial charge in [-0.1, -0.05) is 12.1 Å². The van der Waals surface area contributed by atoms with Crippen LogP contribution >= 0.6 is 15.9 Å². The summed E-state index contributed by atoms with van der Waals surface area (Å²) in [5.74, 6) is 0.966. The molecule has 0 N–H and O–H groups in total. The van der Waals surface area contributed by atoms with Crippen LogP contribution < -0.4 is 4.90 Å². The SMILES string of the molecule is CC1CC(N(C)c2ncnn3c(Br)ccc23)CCN1Cc1cccc(C#N)c1. The first-order valence-corrected chi connectivity index (χ1v) is 10.3. The fourth-order valence-corrected chi connectivity index (χ4v) is 4.50. The first-order valence-electron chi connectivity index (χ1n) is 9.51. The van der Waals surface area contributed by atoms with Gasteiger partial charge < -0.3 is 4.90 Å². The molecule has 7 heteroatoms. The summed E-state index contributed by atoms with van der Waals surface area (Å²) in [5, 5.41) is 13.4. The van der Waals surface area contributed by atoms with Crippen LogP contribution in [0.1, 0.15) is 30.9 Å². The van der Waals surface area contributed by atoms with Gasteiger partial charge in [0.1, 0.15) is 16.4 Å². The van der Waals surface area contributed by atoms with Gasteiger partial charge in [0, 0.05) is 32.2 Å². The molecule has 0 aliphatic carbocycles. The zero-order valence-electron chi connectivity index (χ0n) is 16.1. The fraction of sp³-hybridized carbons (Fsp3) is 0.381. The second-order valence-electron chi connectivity index (χ2n) is 7.46. The van der Waals surface area contributed by atoms with E-state index in [0.717, 1.165) is 47.4 Å². The first-order chi connectivity index (χ1) is 13.6. The zero-order chi connectivity index (χ0) is 19.7. The van der Waals surface area contributed by atoms with Gasteiger partial charge in [-0.05, 0) is 65.5 Å². The number of nitrogens with zero attached hydrogens (tertiary/aromatic N) is 6. The third-order valence-electron chi connectivity index (χ3n) is 5.70. The minimum atomic E-state index is 0.434. The molecule has 6 nitrogen and oxygen atoms in total. The number of rotatable bonds is 4. The summed E-state index contributed by atoms with van der Waals surface area (Å²) in [6, 6.07) is 15.1. The van der Waals surface area contributed by atoms with E-state index in [2.05, 4.69) is 68.0 Å². The lowest BCUT2D eigenvalue weighted by Crippen LogP contribution is -2.48. The van der Waals surface area contributed by atoms with E-state index in [1.807, 2.05) is 28.8 Å². The first kappa shape index (κ1) is 18.9. The Labute approximate surface area is 173 Å². The molecule has 2 aromatic heterocycles. The summed E-state index contributed by atoms with van der Waals surface area (Å²) in [4.78, 5) is 9.36. The van der Waals surface area contributed by atoms with E-state index >= 15 is 0 Å². The lowest BCUT2D eigenvalue weighted by molar-refractivity contribution is 0.138. The van der Waals surface area contributed by atoms with Crippen LogP contribution in [0.15, 0.2) is 47.3 Å². The molecule has 0 radical (unpaired) electrons. The molecule has 1 saturated heterocycles. The summed E-state index contributed by atoms with van der Waals surface area (Å²) < 4.78 is 2.81. The molecule has 1 aromatic carbocycles. The van der Waals surface area contributed by atoms with Crippen LogP contribution in [0.5, 0.6) is 0 Å². The predicted molar refractivity (Wildman–Crippen MR) is 113 cm³/mol. The van der Waals surface area contributed by atoms with Crippen molar-refractivity contribution in [3.05, 3.63) is 58.5 Å². The normalized spacial score (nSPS) is 20.2. The van der Waals surface area contributed by atoms with E-state index < -0.39 is 0 Å². The van der Waals surface area contributed by atoms with Gasteiger partial charge in [-0.25, -0.2) is 9.50 Å².